The Kier molecular flexibility index (Phi) is 6.54. The molecule has 0 spiro atoms. The first kappa shape index (κ1) is 15.4. The summed E-state index contributed by atoms with van der Waals surface area (Å²) in [5, 5.41) is 3.59. The number of oxime groups is 1. The monoisotopic (exact) mass is 270 g/mol. The summed E-state index contributed by atoms with van der Waals surface area (Å²) in [4.78, 5) is 14.7. The predicted molar refractivity (Wildman–Crippen MR) is 80.7 cm³/mol. The molecule has 0 aliphatic carbocycles. The van der Waals surface area contributed by atoms with Crippen molar-refractivity contribution in [1.82, 2.24) is 0 Å². The molecular formula is C16H18N2O2. The number of benzene rings is 2. The summed E-state index contributed by atoms with van der Waals surface area (Å²) < 4.78 is 0. The van der Waals surface area contributed by atoms with E-state index >= 15 is 0 Å². The third kappa shape index (κ3) is 5.35. The highest BCUT2D eigenvalue weighted by molar-refractivity contribution is 5.96. The fourth-order valence-electron chi connectivity index (χ4n) is 1.50. The smallest absolute Gasteiger partial charge is 0.170 e. The molecule has 0 aromatic heterocycles. The van der Waals surface area contributed by atoms with Crippen molar-refractivity contribution >= 4 is 12.1 Å². The molecule has 0 aliphatic heterocycles. The zero-order valence-electron chi connectivity index (χ0n) is 11.6. The van der Waals surface area contributed by atoms with Gasteiger partial charge in [-0.1, -0.05) is 59.3 Å². The van der Waals surface area contributed by atoms with E-state index in [-0.39, 0.29) is 0 Å². The molecule has 0 aliphatic rings. The van der Waals surface area contributed by atoms with Crippen molar-refractivity contribution in [1.29, 1.82) is 0 Å². The van der Waals surface area contributed by atoms with E-state index in [4.69, 9.17) is 5.73 Å². The lowest BCUT2D eigenvalue weighted by molar-refractivity contribution is 0.112. The fourth-order valence-corrected chi connectivity index (χ4v) is 1.50. The molecule has 0 atom stereocenters. The van der Waals surface area contributed by atoms with Crippen molar-refractivity contribution in [3.8, 4) is 0 Å². The minimum absolute atomic E-state index is 0.396. The van der Waals surface area contributed by atoms with E-state index in [0.29, 0.717) is 5.84 Å². The third-order valence-electron chi connectivity index (χ3n) is 2.44. The molecule has 4 nitrogen and oxygen atoms in total. The second-order valence-corrected chi connectivity index (χ2v) is 4.06. The molecule has 2 N–H and O–H groups in total. The van der Waals surface area contributed by atoms with Gasteiger partial charge in [-0.3, -0.25) is 4.79 Å². The van der Waals surface area contributed by atoms with Crippen LogP contribution in [0.2, 0.25) is 0 Å². The number of aldehydes is 1. The van der Waals surface area contributed by atoms with Crippen LogP contribution in [0.1, 0.15) is 21.5 Å². The van der Waals surface area contributed by atoms with Gasteiger partial charge in [0.25, 0.3) is 0 Å². The first-order valence-electron chi connectivity index (χ1n) is 6.11. The van der Waals surface area contributed by atoms with Gasteiger partial charge in [-0.2, -0.15) is 0 Å². The van der Waals surface area contributed by atoms with Crippen LogP contribution in [0.25, 0.3) is 0 Å². The summed E-state index contributed by atoms with van der Waals surface area (Å²) in [7, 11) is 1.47. The van der Waals surface area contributed by atoms with Crippen LogP contribution in [0.15, 0.2) is 59.8 Å². The zero-order valence-corrected chi connectivity index (χ0v) is 11.6. The third-order valence-corrected chi connectivity index (χ3v) is 2.44. The normalized spacial score (nSPS) is 10.2. The van der Waals surface area contributed by atoms with Crippen LogP contribution in [0, 0.1) is 6.92 Å². The molecule has 0 saturated carbocycles. The van der Waals surface area contributed by atoms with Gasteiger partial charge in [0.05, 0.1) is 0 Å². The lowest BCUT2D eigenvalue weighted by Gasteiger charge is -1.96. The number of aryl methyl sites for hydroxylation is 1. The molecule has 4 heteroatoms. The van der Waals surface area contributed by atoms with Gasteiger partial charge in [-0.05, 0) is 13.0 Å². The highest BCUT2D eigenvalue weighted by atomic mass is 16.6. The highest BCUT2D eigenvalue weighted by Crippen LogP contribution is 1.99. The summed E-state index contributed by atoms with van der Waals surface area (Å²) in [6, 6.07) is 16.9. The highest BCUT2D eigenvalue weighted by Gasteiger charge is 1.94. The maximum atomic E-state index is 10.2. The average molecular weight is 270 g/mol. The maximum Gasteiger partial charge on any atom is 0.170 e. The molecule has 0 bridgehead atoms. The second kappa shape index (κ2) is 8.48. The van der Waals surface area contributed by atoms with Crippen molar-refractivity contribution in [2.75, 3.05) is 7.11 Å². The molecule has 104 valence electrons. The molecular weight excluding hydrogens is 252 g/mol. The largest absolute Gasteiger partial charge is 0.397 e. The predicted octanol–water partition coefficient (Wildman–Crippen LogP) is 2.76. The quantitative estimate of drug-likeness (QED) is 0.403. The zero-order chi connectivity index (χ0) is 14.8. The lowest BCUT2D eigenvalue weighted by Crippen LogP contribution is -2.12. The van der Waals surface area contributed by atoms with Gasteiger partial charge in [0, 0.05) is 11.1 Å². The SMILES string of the molecule is CO/N=C(\N)c1ccccc1.Cc1cccc(C=O)c1. The molecule has 0 saturated heterocycles. The Morgan fingerprint density at radius 3 is 2.35 bits per heavy atom. The maximum absolute atomic E-state index is 10.2. The van der Waals surface area contributed by atoms with Crippen LogP contribution in [0.3, 0.4) is 0 Å². The molecule has 2 rings (SSSR count). The van der Waals surface area contributed by atoms with Crippen LogP contribution in [-0.2, 0) is 4.84 Å². The van der Waals surface area contributed by atoms with Gasteiger partial charge in [0.1, 0.15) is 13.4 Å². The summed E-state index contributed by atoms with van der Waals surface area (Å²) in [6.45, 7) is 1.97. The molecule has 2 aromatic rings. The molecule has 20 heavy (non-hydrogen) atoms. The molecule has 0 fully saturated rings. The Morgan fingerprint density at radius 2 is 1.85 bits per heavy atom. The van der Waals surface area contributed by atoms with E-state index in [1.807, 2.05) is 55.5 Å². The van der Waals surface area contributed by atoms with E-state index < -0.39 is 0 Å². The first-order valence-corrected chi connectivity index (χ1v) is 6.11. The van der Waals surface area contributed by atoms with Crippen LogP contribution in [0.4, 0.5) is 0 Å². The van der Waals surface area contributed by atoms with Crippen LogP contribution in [0.5, 0.6) is 0 Å². The van der Waals surface area contributed by atoms with Gasteiger partial charge >= 0.3 is 0 Å². The number of carbonyl (C=O) groups excluding carboxylic acids is 1. The summed E-state index contributed by atoms with van der Waals surface area (Å²) in [5.41, 5.74) is 8.27. The van der Waals surface area contributed by atoms with Crippen LogP contribution >= 0.6 is 0 Å². The molecule has 0 radical (unpaired) electrons. The summed E-state index contributed by atoms with van der Waals surface area (Å²) >= 11 is 0. The van der Waals surface area contributed by atoms with E-state index in [1.165, 1.54) is 7.11 Å². The van der Waals surface area contributed by atoms with Crippen LogP contribution < -0.4 is 5.73 Å². The van der Waals surface area contributed by atoms with Crippen LogP contribution in [-0.4, -0.2) is 19.2 Å². The Labute approximate surface area is 118 Å². The van der Waals surface area contributed by atoms with Crippen molar-refractivity contribution in [3.63, 3.8) is 0 Å². The van der Waals surface area contributed by atoms with E-state index in [2.05, 4.69) is 9.99 Å². The van der Waals surface area contributed by atoms with Crippen molar-refractivity contribution in [2.24, 2.45) is 10.9 Å². The average Bonchev–Trinajstić information content (AvgIpc) is 2.49. The Balaban J connectivity index is 0.000000204. The number of nitrogens with two attached hydrogens (primary N) is 1. The van der Waals surface area contributed by atoms with Gasteiger partial charge in [-0.15, -0.1) is 0 Å². The number of rotatable bonds is 3. The van der Waals surface area contributed by atoms with Gasteiger partial charge in [0.15, 0.2) is 5.84 Å². The Morgan fingerprint density at radius 1 is 1.15 bits per heavy atom. The van der Waals surface area contributed by atoms with E-state index in [1.54, 1.807) is 6.07 Å². The molecule has 0 amide bonds. The van der Waals surface area contributed by atoms with Gasteiger partial charge in [-0.25, -0.2) is 0 Å². The van der Waals surface area contributed by atoms with Gasteiger partial charge < -0.3 is 10.6 Å². The fraction of sp³-hybridized carbons (Fsp3) is 0.125. The van der Waals surface area contributed by atoms with E-state index in [0.717, 1.165) is 23.0 Å². The topological polar surface area (TPSA) is 64.7 Å². The molecule has 2 aromatic carbocycles. The number of amidine groups is 1. The van der Waals surface area contributed by atoms with Crippen molar-refractivity contribution in [3.05, 3.63) is 71.3 Å². The number of nitrogens with zero attached hydrogens (tertiary/aromatic N) is 1. The number of hydrogen-bond donors (Lipinski definition) is 1. The number of hydrogen-bond acceptors (Lipinski definition) is 3. The minimum atomic E-state index is 0.396. The molecule has 0 unspecified atom stereocenters. The lowest BCUT2D eigenvalue weighted by atomic mass is 10.2. The first-order chi connectivity index (χ1) is 9.67. The molecule has 0 heterocycles. The van der Waals surface area contributed by atoms with Crippen molar-refractivity contribution < 1.29 is 9.63 Å². The van der Waals surface area contributed by atoms with E-state index in [9.17, 15) is 4.79 Å². The standard InChI is InChI=1S/C8H10N2O.C8H8O/c1-11-10-8(9)7-5-3-2-4-6-7;1-7-3-2-4-8(5-7)6-9/h2-6H,1H3,(H2,9,10);2-6H,1H3. The van der Waals surface area contributed by atoms with Crippen molar-refractivity contribution in [2.45, 2.75) is 6.92 Å². The minimum Gasteiger partial charge on any atom is -0.397 e. The Bertz CT molecular complexity index is 566. The summed E-state index contributed by atoms with van der Waals surface area (Å²) in [5.74, 6) is 0.396. The van der Waals surface area contributed by atoms with Gasteiger partial charge in [0.2, 0.25) is 0 Å². The second-order valence-electron chi connectivity index (χ2n) is 4.06. The Hall–Kier alpha value is -2.62. The number of carbonyl (C=O) groups is 1. The summed E-state index contributed by atoms with van der Waals surface area (Å²) in [6.07, 6.45) is 0.854.